The number of nitrogens with zero attached hydrogens (tertiary/aromatic N) is 1. The summed E-state index contributed by atoms with van der Waals surface area (Å²) in [5, 5.41) is 3.43. The molecule has 20 heavy (non-hydrogen) atoms. The first-order valence-electron chi connectivity index (χ1n) is 5.89. The van der Waals surface area contributed by atoms with E-state index in [1.165, 1.54) is 7.11 Å². The maximum Gasteiger partial charge on any atom is 0.272 e. The monoisotopic (exact) mass is 356 g/mol. The van der Waals surface area contributed by atoms with E-state index in [0.717, 1.165) is 10.0 Å². The van der Waals surface area contributed by atoms with E-state index in [0.29, 0.717) is 22.2 Å². The van der Waals surface area contributed by atoms with Gasteiger partial charge in [-0.1, -0.05) is 11.6 Å². The van der Waals surface area contributed by atoms with Crippen molar-refractivity contribution in [3.63, 3.8) is 0 Å². The van der Waals surface area contributed by atoms with Gasteiger partial charge in [0.15, 0.2) is 0 Å². The average Bonchev–Trinajstić information content (AvgIpc) is 2.72. The summed E-state index contributed by atoms with van der Waals surface area (Å²) in [4.78, 5) is 12.3. The topological polar surface area (TPSA) is 43.3 Å². The Morgan fingerprint density at radius 2 is 2.10 bits per heavy atom. The number of anilines is 1. The van der Waals surface area contributed by atoms with E-state index < -0.39 is 0 Å². The number of hydrogen-bond donors (Lipinski definition) is 1. The van der Waals surface area contributed by atoms with E-state index in [2.05, 4.69) is 21.2 Å². The number of ether oxygens (including phenoxy) is 1. The quantitative estimate of drug-likeness (QED) is 0.902. The van der Waals surface area contributed by atoms with E-state index in [1.54, 1.807) is 22.8 Å². The largest absolute Gasteiger partial charge is 0.495 e. The van der Waals surface area contributed by atoms with Crippen LogP contribution in [-0.4, -0.2) is 17.6 Å². The van der Waals surface area contributed by atoms with Gasteiger partial charge in [-0.2, -0.15) is 0 Å². The fourth-order valence-corrected chi connectivity index (χ4v) is 2.54. The molecule has 0 radical (unpaired) electrons. The summed E-state index contributed by atoms with van der Waals surface area (Å²) in [5.41, 5.74) is 2.01. The standard InChI is InChI=1S/C14H14BrClN2O2/c1-8-4-11(13(20-3)6-10(8)16)17-14(19)12-5-9(15)7-18(12)2/h4-7H,1-3H3,(H,17,19). The second-order valence-corrected chi connectivity index (χ2v) is 5.73. The first kappa shape index (κ1) is 14.9. The van der Waals surface area contributed by atoms with Crippen LogP contribution in [0.5, 0.6) is 5.75 Å². The van der Waals surface area contributed by atoms with Crippen molar-refractivity contribution in [1.29, 1.82) is 0 Å². The number of halogens is 2. The molecule has 1 amide bonds. The van der Waals surface area contributed by atoms with Crippen molar-refractivity contribution in [1.82, 2.24) is 4.57 Å². The lowest BCUT2D eigenvalue weighted by molar-refractivity contribution is 0.101. The molecule has 0 aliphatic carbocycles. The second-order valence-electron chi connectivity index (χ2n) is 4.41. The Bertz CT molecular complexity index is 667. The molecule has 0 aliphatic rings. The Balaban J connectivity index is 2.32. The van der Waals surface area contributed by atoms with Crippen LogP contribution in [0.4, 0.5) is 5.69 Å². The van der Waals surface area contributed by atoms with Gasteiger partial charge in [0, 0.05) is 28.8 Å². The van der Waals surface area contributed by atoms with Gasteiger partial charge in [0.2, 0.25) is 0 Å². The Kier molecular flexibility index (Phi) is 4.40. The Hall–Kier alpha value is -1.46. The van der Waals surface area contributed by atoms with Gasteiger partial charge in [-0.3, -0.25) is 4.79 Å². The Morgan fingerprint density at radius 1 is 1.40 bits per heavy atom. The van der Waals surface area contributed by atoms with Crippen LogP contribution < -0.4 is 10.1 Å². The molecule has 0 unspecified atom stereocenters. The van der Waals surface area contributed by atoms with Crippen LogP contribution in [-0.2, 0) is 7.05 Å². The highest BCUT2D eigenvalue weighted by Gasteiger charge is 2.14. The Morgan fingerprint density at radius 3 is 2.65 bits per heavy atom. The smallest absolute Gasteiger partial charge is 0.272 e. The predicted molar refractivity (Wildman–Crippen MR) is 83.8 cm³/mol. The zero-order valence-corrected chi connectivity index (χ0v) is 13.7. The minimum Gasteiger partial charge on any atom is -0.495 e. The Labute approximate surface area is 130 Å². The molecule has 0 bridgehead atoms. The molecule has 1 aromatic heterocycles. The van der Waals surface area contributed by atoms with Gasteiger partial charge in [-0.15, -0.1) is 0 Å². The molecule has 2 aromatic rings. The highest BCUT2D eigenvalue weighted by atomic mass is 79.9. The third kappa shape index (κ3) is 2.99. The van der Waals surface area contributed by atoms with Crippen molar-refractivity contribution in [2.24, 2.45) is 7.05 Å². The zero-order valence-electron chi connectivity index (χ0n) is 11.3. The number of carbonyl (C=O) groups is 1. The lowest BCUT2D eigenvalue weighted by Gasteiger charge is -2.12. The summed E-state index contributed by atoms with van der Waals surface area (Å²) in [5.74, 6) is 0.320. The summed E-state index contributed by atoms with van der Waals surface area (Å²) >= 11 is 9.39. The van der Waals surface area contributed by atoms with Crippen LogP contribution >= 0.6 is 27.5 Å². The summed E-state index contributed by atoms with van der Waals surface area (Å²) in [6.07, 6.45) is 1.82. The number of aryl methyl sites for hydroxylation is 2. The van der Waals surface area contributed by atoms with Crippen LogP contribution in [0.1, 0.15) is 16.1 Å². The first-order valence-corrected chi connectivity index (χ1v) is 7.07. The van der Waals surface area contributed by atoms with Crippen molar-refractivity contribution in [2.45, 2.75) is 6.92 Å². The second kappa shape index (κ2) is 5.89. The van der Waals surface area contributed by atoms with Crippen molar-refractivity contribution in [3.05, 3.63) is 45.1 Å². The molecule has 4 nitrogen and oxygen atoms in total. The van der Waals surface area contributed by atoms with Crippen LogP contribution in [0, 0.1) is 6.92 Å². The summed E-state index contributed by atoms with van der Waals surface area (Å²) in [6.45, 7) is 1.87. The number of benzene rings is 1. The maximum absolute atomic E-state index is 12.3. The lowest BCUT2D eigenvalue weighted by Crippen LogP contribution is -2.16. The molecule has 106 valence electrons. The van der Waals surface area contributed by atoms with Crippen LogP contribution in [0.15, 0.2) is 28.9 Å². The number of aromatic nitrogens is 1. The summed E-state index contributed by atoms with van der Waals surface area (Å²) in [7, 11) is 3.35. The number of carbonyl (C=O) groups excluding carboxylic acids is 1. The molecule has 0 saturated carbocycles. The molecule has 0 saturated heterocycles. The molecule has 1 heterocycles. The number of rotatable bonds is 3. The maximum atomic E-state index is 12.3. The predicted octanol–water partition coefficient (Wildman–Crippen LogP) is 4.01. The van der Waals surface area contributed by atoms with E-state index >= 15 is 0 Å². The van der Waals surface area contributed by atoms with Gasteiger partial charge in [0.05, 0.1) is 12.8 Å². The van der Waals surface area contributed by atoms with E-state index in [4.69, 9.17) is 16.3 Å². The van der Waals surface area contributed by atoms with Crippen LogP contribution in [0.3, 0.4) is 0 Å². The number of amides is 1. The van der Waals surface area contributed by atoms with Crippen molar-refractivity contribution < 1.29 is 9.53 Å². The van der Waals surface area contributed by atoms with E-state index in [-0.39, 0.29) is 5.91 Å². The average molecular weight is 358 g/mol. The van der Waals surface area contributed by atoms with Gasteiger partial charge < -0.3 is 14.6 Å². The minimum absolute atomic E-state index is 0.210. The van der Waals surface area contributed by atoms with Gasteiger partial charge in [0.25, 0.3) is 5.91 Å². The van der Waals surface area contributed by atoms with Crippen molar-refractivity contribution in [3.8, 4) is 5.75 Å². The van der Waals surface area contributed by atoms with Crippen molar-refractivity contribution >= 4 is 39.1 Å². The zero-order chi connectivity index (χ0) is 14.9. The molecule has 6 heteroatoms. The molecular formula is C14H14BrClN2O2. The highest BCUT2D eigenvalue weighted by Crippen LogP contribution is 2.31. The third-order valence-corrected chi connectivity index (χ3v) is 3.77. The summed E-state index contributed by atoms with van der Waals surface area (Å²) < 4.78 is 7.83. The molecular weight excluding hydrogens is 344 g/mol. The molecule has 2 rings (SSSR count). The fourth-order valence-electron chi connectivity index (χ4n) is 1.87. The molecule has 0 spiro atoms. The molecule has 1 aromatic carbocycles. The minimum atomic E-state index is -0.210. The SMILES string of the molecule is COc1cc(Cl)c(C)cc1NC(=O)c1cc(Br)cn1C. The summed E-state index contributed by atoms with van der Waals surface area (Å²) in [6, 6.07) is 5.23. The van der Waals surface area contributed by atoms with Crippen LogP contribution in [0.25, 0.3) is 0 Å². The molecule has 0 aliphatic heterocycles. The highest BCUT2D eigenvalue weighted by molar-refractivity contribution is 9.10. The van der Waals surface area contributed by atoms with Gasteiger partial charge in [-0.05, 0) is 40.5 Å². The van der Waals surface area contributed by atoms with Gasteiger partial charge in [-0.25, -0.2) is 0 Å². The first-order chi connectivity index (χ1) is 9.42. The van der Waals surface area contributed by atoms with Crippen LogP contribution in [0.2, 0.25) is 5.02 Å². The van der Waals surface area contributed by atoms with E-state index in [9.17, 15) is 4.79 Å². The molecule has 0 fully saturated rings. The van der Waals surface area contributed by atoms with E-state index in [1.807, 2.05) is 20.2 Å². The molecule has 1 N–H and O–H groups in total. The van der Waals surface area contributed by atoms with Gasteiger partial charge >= 0.3 is 0 Å². The fraction of sp³-hybridized carbons (Fsp3) is 0.214. The van der Waals surface area contributed by atoms with Gasteiger partial charge in [0.1, 0.15) is 11.4 Å². The van der Waals surface area contributed by atoms with Crippen molar-refractivity contribution in [2.75, 3.05) is 12.4 Å². The molecule has 0 atom stereocenters. The number of methoxy groups -OCH3 is 1. The number of hydrogen-bond acceptors (Lipinski definition) is 2. The normalized spacial score (nSPS) is 10.4. The third-order valence-electron chi connectivity index (χ3n) is 2.93. The number of nitrogens with one attached hydrogen (secondary N) is 1. The lowest BCUT2D eigenvalue weighted by atomic mass is 10.2.